The summed E-state index contributed by atoms with van der Waals surface area (Å²) in [7, 11) is -1.79. The Hall–Kier alpha value is -0.630. The molecule has 0 spiro atoms. The summed E-state index contributed by atoms with van der Waals surface area (Å²) in [6.07, 6.45) is 2.70. The van der Waals surface area contributed by atoms with Gasteiger partial charge in [-0.15, -0.1) is 11.6 Å². The van der Waals surface area contributed by atoms with Crippen LogP contribution in [-0.4, -0.2) is 54.0 Å². The zero-order valence-electron chi connectivity index (χ0n) is 9.41. The Labute approximate surface area is 105 Å². The van der Waals surface area contributed by atoms with Gasteiger partial charge in [0.05, 0.1) is 19.0 Å². The van der Waals surface area contributed by atoms with Crippen LogP contribution >= 0.6 is 11.6 Å². The van der Waals surface area contributed by atoms with Crippen molar-refractivity contribution in [2.75, 3.05) is 25.6 Å². The van der Waals surface area contributed by atoms with Gasteiger partial charge in [0, 0.05) is 32.2 Å². The molecule has 17 heavy (non-hydrogen) atoms. The largest absolute Gasteiger partial charge is 0.374 e. The predicted octanol–water partition coefficient (Wildman–Crippen LogP) is 0.0484. The highest BCUT2D eigenvalue weighted by atomic mass is 35.5. The molecule has 96 valence electrons. The summed E-state index contributed by atoms with van der Waals surface area (Å²) in [5, 5.41) is 0.0650. The molecule has 1 aromatic heterocycles. The lowest BCUT2D eigenvalue weighted by molar-refractivity contribution is 0.0121. The second-order valence-electron chi connectivity index (χ2n) is 3.89. The van der Waals surface area contributed by atoms with Crippen LogP contribution in [0.5, 0.6) is 0 Å². The van der Waals surface area contributed by atoms with Crippen LogP contribution in [0.1, 0.15) is 0 Å². The highest BCUT2D eigenvalue weighted by molar-refractivity contribution is 7.89. The lowest BCUT2D eigenvalue weighted by atomic mass is 10.3. The summed E-state index contributed by atoms with van der Waals surface area (Å²) in [5.41, 5.74) is 0. The molecule has 0 N–H and O–H groups in total. The number of morpholine rings is 1. The summed E-state index contributed by atoms with van der Waals surface area (Å²) in [6.45, 7) is 0.984. The third-order valence-corrected chi connectivity index (χ3v) is 4.65. The third kappa shape index (κ3) is 2.62. The molecule has 0 saturated carbocycles. The molecule has 8 heteroatoms. The number of rotatable bonds is 3. The van der Waals surface area contributed by atoms with Crippen LogP contribution in [-0.2, 0) is 21.8 Å². The fourth-order valence-electron chi connectivity index (χ4n) is 1.66. The minimum atomic E-state index is -3.52. The molecule has 1 atom stereocenters. The third-order valence-electron chi connectivity index (χ3n) is 2.56. The van der Waals surface area contributed by atoms with E-state index in [-0.39, 0.29) is 23.6 Å². The van der Waals surface area contributed by atoms with Crippen molar-refractivity contribution in [2.45, 2.75) is 11.1 Å². The molecule has 0 aromatic carbocycles. The second kappa shape index (κ2) is 4.93. The molecule has 2 rings (SSSR count). The van der Waals surface area contributed by atoms with E-state index < -0.39 is 10.0 Å². The normalized spacial score (nSPS) is 22.8. The number of hydrogen-bond donors (Lipinski definition) is 0. The van der Waals surface area contributed by atoms with Crippen molar-refractivity contribution < 1.29 is 13.2 Å². The lowest BCUT2D eigenvalue weighted by Crippen LogP contribution is -2.46. The SMILES string of the molecule is Cn1cnc(S(=O)(=O)N2CCOC(CCl)C2)c1. The summed E-state index contributed by atoms with van der Waals surface area (Å²) >= 11 is 5.68. The van der Waals surface area contributed by atoms with E-state index in [0.717, 1.165) is 0 Å². The van der Waals surface area contributed by atoms with Crippen LogP contribution in [0.4, 0.5) is 0 Å². The van der Waals surface area contributed by atoms with E-state index >= 15 is 0 Å². The van der Waals surface area contributed by atoms with Gasteiger partial charge in [0.2, 0.25) is 0 Å². The molecule has 0 bridgehead atoms. The number of nitrogens with zero attached hydrogens (tertiary/aromatic N) is 3. The molecular weight excluding hydrogens is 266 g/mol. The second-order valence-corrected chi connectivity index (χ2v) is 6.08. The summed E-state index contributed by atoms with van der Waals surface area (Å²) in [6, 6.07) is 0. The van der Waals surface area contributed by atoms with Crippen molar-refractivity contribution in [1.82, 2.24) is 13.9 Å². The summed E-state index contributed by atoms with van der Waals surface area (Å²) in [4.78, 5) is 3.87. The molecule has 0 aliphatic carbocycles. The van der Waals surface area contributed by atoms with E-state index in [1.807, 2.05) is 0 Å². The van der Waals surface area contributed by atoms with Crippen LogP contribution in [0.2, 0.25) is 0 Å². The van der Waals surface area contributed by atoms with E-state index in [4.69, 9.17) is 16.3 Å². The maximum Gasteiger partial charge on any atom is 0.262 e. The van der Waals surface area contributed by atoms with Crippen LogP contribution in [0.25, 0.3) is 0 Å². The van der Waals surface area contributed by atoms with Gasteiger partial charge in [-0.2, -0.15) is 4.31 Å². The van der Waals surface area contributed by atoms with E-state index in [1.54, 1.807) is 11.6 Å². The van der Waals surface area contributed by atoms with Crippen molar-refractivity contribution in [1.29, 1.82) is 0 Å². The first kappa shape index (κ1) is 12.8. The Balaban J connectivity index is 2.21. The van der Waals surface area contributed by atoms with Gasteiger partial charge in [-0.25, -0.2) is 13.4 Å². The maximum absolute atomic E-state index is 12.2. The average molecular weight is 280 g/mol. The van der Waals surface area contributed by atoms with Gasteiger partial charge in [-0.3, -0.25) is 0 Å². The zero-order chi connectivity index (χ0) is 12.5. The first-order chi connectivity index (χ1) is 8.04. The first-order valence-corrected chi connectivity index (χ1v) is 7.17. The van der Waals surface area contributed by atoms with Crippen molar-refractivity contribution in [3.05, 3.63) is 12.5 Å². The summed E-state index contributed by atoms with van der Waals surface area (Å²) < 4.78 is 32.7. The van der Waals surface area contributed by atoms with E-state index in [2.05, 4.69) is 4.98 Å². The van der Waals surface area contributed by atoms with E-state index in [0.29, 0.717) is 13.2 Å². The Morgan fingerprint density at radius 3 is 3.00 bits per heavy atom. The van der Waals surface area contributed by atoms with Gasteiger partial charge in [-0.05, 0) is 0 Å². The van der Waals surface area contributed by atoms with Gasteiger partial charge >= 0.3 is 0 Å². The van der Waals surface area contributed by atoms with Crippen LogP contribution < -0.4 is 0 Å². The molecule has 1 unspecified atom stereocenters. The van der Waals surface area contributed by atoms with Gasteiger partial charge in [0.15, 0.2) is 5.03 Å². The predicted molar refractivity (Wildman–Crippen MR) is 62.4 cm³/mol. The average Bonchev–Trinajstić information content (AvgIpc) is 2.76. The minimum Gasteiger partial charge on any atom is -0.374 e. The maximum atomic E-state index is 12.2. The monoisotopic (exact) mass is 279 g/mol. The zero-order valence-corrected chi connectivity index (χ0v) is 11.0. The van der Waals surface area contributed by atoms with Gasteiger partial charge in [0.25, 0.3) is 10.0 Å². The minimum absolute atomic E-state index is 0.0650. The number of halogens is 1. The van der Waals surface area contributed by atoms with Crippen molar-refractivity contribution in [3.8, 4) is 0 Å². The molecule has 1 fully saturated rings. The molecule has 6 nitrogen and oxygen atoms in total. The lowest BCUT2D eigenvalue weighted by Gasteiger charge is -2.30. The van der Waals surface area contributed by atoms with Crippen molar-refractivity contribution in [3.63, 3.8) is 0 Å². The number of imidazole rings is 1. The van der Waals surface area contributed by atoms with Gasteiger partial charge < -0.3 is 9.30 Å². The Morgan fingerprint density at radius 2 is 2.41 bits per heavy atom. The smallest absolute Gasteiger partial charge is 0.262 e. The molecule has 1 aliphatic rings. The standard InChI is InChI=1S/C9H14ClN3O3S/c1-12-6-9(11-7-12)17(14,15)13-2-3-16-8(4-10)5-13/h6-8H,2-5H2,1H3. The molecule has 0 amide bonds. The fraction of sp³-hybridized carbons (Fsp3) is 0.667. The number of hydrogen-bond acceptors (Lipinski definition) is 4. The number of sulfonamides is 1. The van der Waals surface area contributed by atoms with Crippen LogP contribution in [0.15, 0.2) is 17.6 Å². The van der Waals surface area contributed by atoms with Crippen molar-refractivity contribution in [2.24, 2.45) is 7.05 Å². The Kier molecular flexibility index (Phi) is 3.72. The van der Waals surface area contributed by atoms with Crippen LogP contribution in [0.3, 0.4) is 0 Å². The Morgan fingerprint density at radius 1 is 1.65 bits per heavy atom. The number of aromatic nitrogens is 2. The number of alkyl halides is 1. The molecule has 1 saturated heterocycles. The Bertz CT molecular complexity index is 487. The molecule has 0 radical (unpaired) electrons. The van der Waals surface area contributed by atoms with Gasteiger partial charge in [0.1, 0.15) is 0 Å². The number of aryl methyl sites for hydroxylation is 1. The van der Waals surface area contributed by atoms with E-state index in [1.165, 1.54) is 16.8 Å². The molecule has 1 aliphatic heterocycles. The number of ether oxygens (including phenoxy) is 1. The fourth-order valence-corrected chi connectivity index (χ4v) is 3.27. The topological polar surface area (TPSA) is 64.4 Å². The highest BCUT2D eigenvalue weighted by Gasteiger charge is 2.31. The first-order valence-electron chi connectivity index (χ1n) is 5.19. The van der Waals surface area contributed by atoms with Crippen molar-refractivity contribution >= 4 is 21.6 Å². The quantitative estimate of drug-likeness (QED) is 0.734. The van der Waals surface area contributed by atoms with Crippen LogP contribution in [0, 0.1) is 0 Å². The summed E-state index contributed by atoms with van der Waals surface area (Å²) in [5.74, 6) is 0.286. The molecule has 2 heterocycles. The molecule has 1 aromatic rings. The van der Waals surface area contributed by atoms with E-state index in [9.17, 15) is 8.42 Å². The molecular formula is C9H14ClN3O3S. The highest BCUT2D eigenvalue weighted by Crippen LogP contribution is 2.17. The van der Waals surface area contributed by atoms with Gasteiger partial charge in [-0.1, -0.05) is 0 Å².